The Morgan fingerprint density at radius 2 is 1.48 bits per heavy atom. The maximum absolute atomic E-state index is 12.0. The average Bonchev–Trinajstić information content (AvgIpc) is 3.14. The van der Waals surface area contributed by atoms with Gasteiger partial charge in [-0.25, -0.2) is 4.79 Å². The Kier molecular flexibility index (Phi) is 16.5. The third-order valence-electron chi connectivity index (χ3n) is 5.69. The summed E-state index contributed by atoms with van der Waals surface area (Å²) in [6.45, 7) is 1.81. The molecule has 33 heavy (non-hydrogen) atoms. The summed E-state index contributed by atoms with van der Waals surface area (Å²) in [4.78, 5) is 23.8. The van der Waals surface area contributed by atoms with Crippen molar-refractivity contribution in [2.45, 2.75) is 109 Å². The SMILES string of the molecule is CCCCCCCCCCCCCCCC(=O)OC[C@H](O)C1OC(=O)C(OC)=C1OCOC. The van der Waals surface area contributed by atoms with Crippen LogP contribution in [0.25, 0.3) is 0 Å². The molecule has 1 unspecified atom stereocenters. The molecule has 0 aromatic heterocycles. The maximum atomic E-state index is 12.0. The molecule has 0 aromatic rings. The zero-order chi connectivity index (χ0) is 24.3. The number of carbonyl (C=O) groups is 2. The van der Waals surface area contributed by atoms with Crippen LogP contribution in [0, 0.1) is 0 Å². The number of aliphatic hydroxyl groups is 1. The first kappa shape index (κ1) is 29.2. The zero-order valence-corrected chi connectivity index (χ0v) is 20.8. The smallest absolute Gasteiger partial charge is 0.378 e. The van der Waals surface area contributed by atoms with E-state index in [0.717, 1.165) is 19.3 Å². The van der Waals surface area contributed by atoms with E-state index >= 15 is 0 Å². The summed E-state index contributed by atoms with van der Waals surface area (Å²) < 4.78 is 25.3. The van der Waals surface area contributed by atoms with Crippen LogP contribution in [0.5, 0.6) is 0 Å². The molecule has 1 N–H and O–H groups in total. The van der Waals surface area contributed by atoms with E-state index in [1.54, 1.807) is 0 Å². The molecule has 1 aliphatic heterocycles. The topological polar surface area (TPSA) is 101 Å². The highest BCUT2D eigenvalue weighted by molar-refractivity contribution is 5.89. The number of esters is 2. The van der Waals surface area contributed by atoms with Gasteiger partial charge in [0.25, 0.3) is 0 Å². The highest BCUT2D eigenvalue weighted by Crippen LogP contribution is 2.27. The number of unbranched alkanes of at least 4 members (excludes halogenated alkanes) is 12. The number of aliphatic hydroxyl groups excluding tert-OH is 1. The fourth-order valence-electron chi connectivity index (χ4n) is 3.78. The third-order valence-corrected chi connectivity index (χ3v) is 5.69. The van der Waals surface area contributed by atoms with Crippen LogP contribution in [0.15, 0.2) is 11.5 Å². The van der Waals surface area contributed by atoms with Crippen molar-refractivity contribution in [1.82, 2.24) is 0 Å². The number of carbonyl (C=O) groups excluding carboxylic acids is 2. The van der Waals surface area contributed by atoms with E-state index in [-0.39, 0.29) is 30.9 Å². The molecule has 1 aliphatic rings. The van der Waals surface area contributed by atoms with Crippen molar-refractivity contribution in [2.75, 3.05) is 27.6 Å². The second kappa shape index (κ2) is 18.6. The van der Waals surface area contributed by atoms with Crippen LogP contribution in [0.1, 0.15) is 96.8 Å². The van der Waals surface area contributed by atoms with Crippen molar-refractivity contribution in [2.24, 2.45) is 0 Å². The van der Waals surface area contributed by atoms with E-state index in [1.807, 2.05) is 0 Å². The second-order valence-electron chi connectivity index (χ2n) is 8.52. The molecule has 0 amide bonds. The lowest BCUT2D eigenvalue weighted by Gasteiger charge is -2.19. The number of cyclic esters (lactones) is 1. The summed E-state index contributed by atoms with van der Waals surface area (Å²) in [6, 6.07) is 0. The normalized spacial score (nSPS) is 16.6. The van der Waals surface area contributed by atoms with Gasteiger partial charge in [-0.05, 0) is 6.42 Å². The average molecular weight is 473 g/mol. The fraction of sp³-hybridized carbons (Fsp3) is 0.840. The van der Waals surface area contributed by atoms with Crippen molar-refractivity contribution in [1.29, 1.82) is 0 Å². The van der Waals surface area contributed by atoms with E-state index in [1.165, 1.54) is 78.4 Å². The van der Waals surface area contributed by atoms with Crippen molar-refractivity contribution >= 4 is 11.9 Å². The molecule has 0 aromatic carbocycles. The van der Waals surface area contributed by atoms with Gasteiger partial charge in [-0.15, -0.1) is 0 Å². The van der Waals surface area contributed by atoms with Gasteiger partial charge in [0.2, 0.25) is 5.76 Å². The predicted octanol–water partition coefficient (Wildman–Crippen LogP) is 4.78. The van der Waals surface area contributed by atoms with Crippen molar-refractivity contribution < 1.29 is 38.4 Å². The number of methoxy groups -OCH3 is 2. The monoisotopic (exact) mass is 472 g/mol. The standard InChI is InChI=1S/C25H44O8/c1-4-5-6-7-8-9-10-11-12-13-14-15-16-17-21(27)31-18-20(26)22-23(32-19-29-2)24(30-3)25(28)33-22/h20,22,26H,4-19H2,1-3H3/t20-,22?/m0/s1. The van der Waals surface area contributed by atoms with Crippen LogP contribution in [0.4, 0.5) is 0 Å². The van der Waals surface area contributed by atoms with Crippen molar-refractivity contribution in [3.8, 4) is 0 Å². The number of hydrogen-bond acceptors (Lipinski definition) is 8. The molecule has 8 heteroatoms. The van der Waals surface area contributed by atoms with Gasteiger partial charge in [0, 0.05) is 13.5 Å². The summed E-state index contributed by atoms with van der Waals surface area (Å²) in [6.07, 6.45) is 14.0. The Hall–Kier alpha value is -1.80. The van der Waals surface area contributed by atoms with Crippen LogP contribution < -0.4 is 0 Å². The molecule has 2 atom stereocenters. The minimum absolute atomic E-state index is 0.0318. The summed E-state index contributed by atoms with van der Waals surface area (Å²) in [5, 5.41) is 10.3. The van der Waals surface area contributed by atoms with Gasteiger partial charge in [0.1, 0.15) is 12.7 Å². The molecule has 0 saturated heterocycles. The molecule has 192 valence electrons. The van der Waals surface area contributed by atoms with Gasteiger partial charge >= 0.3 is 11.9 Å². The largest absolute Gasteiger partial charge is 0.487 e. The van der Waals surface area contributed by atoms with Gasteiger partial charge in [-0.1, -0.05) is 84.0 Å². The first-order valence-electron chi connectivity index (χ1n) is 12.5. The van der Waals surface area contributed by atoms with Crippen LogP contribution in [-0.2, 0) is 33.3 Å². The molecule has 0 fully saturated rings. The Labute approximate surface area is 198 Å². The van der Waals surface area contributed by atoms with Crippen molar-refractivity contribution in [3.63, 3.8) is 0 Å². The summed E-state index contributed by atoms with van der Waals surface area (Å²) in [7, 11) is 2.73. The van der Waals surface area contributed by atoms with E-state index in [0.29, 0.717) is 6.42 Å². The Balaban J connectivity index is 2.09. The summed E-state index contributed by atoms with van der Waals surface area (Å²) in [5.74, 6) is -1.22. The fourth-order valence-corrected chi connectivity index (χ4v) is 3.78. The first-order valence-corrected chi connectivity index (χ1v) is 12.5. The minimum Gasteiger partial charge on any atom is -0.487 e. The summed E-state index contributed by atoms with van der Waals surface area (Å²) >= 11 is 0. The number of ether oxygens (including phenoxy) is 5. The predicted molar refractivity (Wildman–Crippen MR) is 124 cm³/mol. The molecule has 0 radical (unpaired) electrons. The maximum Gasteiger partial charge on any atom is 0.378 e. The quantitative estimate of drug-likeness (QED) is 0.145. The lowest BCUT2D eigenvalue weighted by molar-refractivity contribution is -0.155. The van der Waals surface area contributed by atoms with Crippen molar-refractivity contribution in [3.05, 3.63) is 11.5 Å². The Morgan fingerprint density at radius 3 is 2.00 bits per heavy atom. The van der Waals surface area contributed by atoms with E-state index in [9.17, 15) is 14.7 Å². The van der Waals surface area contributed by atoms with E-state index < -0.39 is 18.2 Å². The van der Waals surface area contributed by atoms with Crippen LogP contribution in [-0.4, -0.2) is 56.9 Å². The minimum atomic E-state index is -1.26. The highest BCUT2D eigenvalue weighted by Gasteiger charge is 2.42. The Morgan fingerprint density at radius 1 is 0.939 bits per heavy atom. The third kappa shape index (κ3) is 12.3. The van der Waals surface area contributed by atoms with Gasteiger partial charge in [0.15, 0.2) is 18.7 Å². The molecule has 1 rings (SSSR count). The van der Waals surface area contributed by atoms with E-state index in [2.05, 4.69) is 6.92 Å². The highest BCUT2D eigenvalue weighted by atomic mass is 16.7. The van der Waals surface area contributed by atoms with Crippen LogP contribution in [0.2, 0.25) is 0 Å². The molecule has 8 nitrogen and oxygen atoms in total. The molecule has 0 saturated carbocycles. The van der Waals surface area contributed by atoms with Gasteiger partial charge in [0.05, 0.1) is 7.11 Å². The number of rotatable bonds is 21. The molecule has 0 aliphatic carbocycles. The molecular formula is C25H44O8. The second-order valence-corrected chi connectivity index (χ2v) is 8.52. The number of hydrogen-bond donors (Lipinski definition) is 1. The van der Waals surface area contributed by atoms with Gasteiger partial charge in [-0.3, -0.25) is 4.79 Å². The summed E-state index contributed by atoms with van der Waals surface area (Å²) in [5.41, 5.74) is 0. The van der Waals surface area contributed by atoms with Gasteiger partial charge < -0.3 is 28.8 Å². The molecule has 0 spiro atoms. The molecular weight excluding hydrogens is 428 g/mol. The lowest BCUT2D eigenvalue weighted by atomic mass is 10.0. The first-order chi connectivity index (χ1) is 16.0. The van der Waals surface area contributed by atoms with Gasteiger partial charge in [-0.2, -0.15) is 0 Å². The van der Waals surface area contributed by atoms with Crippen LogP contribution >= 0.6 is 0 Å². The van der Waals surface area contributed by atoms with Crippen LogP contribution in [0.3, 0.4) is 0 Å². The van der Waals surface area contributed by atoms with E-state index in [4.69, 9.17) is 23.7 Å². The Bertz CT molecular complexity index is 575. The molecule has 0 bridgehead atoms. The zero-order valence-electron chi connectivity index (χ0n) is 20.8. The molecule has 1 heterocycles. The lowest BCUT2D eigenvalue weighted by Crippen LogP contribution is -2.34.